The van der Waals surface area contributed by atoms with Gasteiger partial charge in [-0.25, -0.2) is 0 Å². The molecule has 292 valence electrons. The van der Waals surface area contributed by atoms with Crippen LogP contribution in [0.25, 0.3) is 43.6 Å². The van der Waals surface area contributed by atoms with Crippen molar-refractivity contribution in [3.05, 3.63) is 97.6 Å². The molecule has 0 aliphatic carbocycles. The van der Waals surface area contributed by atoms with Crippen LogP contribution < -0.4 is 30.6 Å². The fourth-order valence-electron chi connectivity index (χ4n) is 3.36. The normalized spacial score (nSPS) is 8.41. The molecule has 0 saturated carbocycles. The van der Waals surface area contributed by atoms with Crippen LogP contribution in [-0.4, -0.2) is 55.8 Å². The number of hydrogen-bond donors (Lipinski definition) is 0. The molecule has 0 bridgehead atoms. The number of benzene rings is 2. The number of aliphatic carboxylic acids is 6. The van der Waals surface area contributed by atoms with Crippen LogP contribution in [0, 0.1) is 75.5 Å². The molecule has 0 unspecified atom stereocenters. The second-order valence-electron chi connectivity index (χ2n) is 9.38. The number of fused-ring (bicyclic) bond motifs is 6. The monoisotopic (exact) mass is 1040 g/mol. The molecule has 0 N–H and O–H groups in total. The van der Waals surface area contributed by atoms with Gasteiger partial charge in [-0.1, -0.05) is 48.5 Å². The summed E-state index contributed by atoms with van der Waals surface area (Å²) >= 11 is 0. The molecule has 0 spiro atoms. The standard InChI is InChI=1S/2C12H8N2.6C2H4O2.2Ho/c2*1-3-9-5-6-10-4-2-8-14-12(10)11(9)13-7-1;6*1-2(3)4;;/h2*1-8H;6*1H3,(H,3,4);;/q;;;;;;;;2*+3/p-6. The van der Waals surface area contributed by atoms with Gasteiger partial charge in [0.25, 0.3) is 0 Å². The summed E-state index contributed by atoms with van der Waals surface area (Å²) in [6.07, 6.45) is 7.21. The molecule has 0 fully saturated rings. The van der Waals surface area contributed by atoms with Gasteiger partial charge >= 0.3 is 75.5 Å². The van der Waals surface area contributed by atoms with Gasteiger partial charge in [-0.3, -0.25) is 19.9 Å². The Hall–Kier alpha value is -4.58. The Labute approximate surface area is 369 Å². The Morgan fingerprint density at radius 2 is 0.463 bits per heavy atom. The third-order valence-electron chi connectivity index (χ3n) is 4.69. The van der Waals surface area contributed by atoms with E-state index in [-0.39, 0.29) is 75.5 Å². The van der Waals surface area contributed by atoms with Gasteiger partial charge in [-0.2, -0.15) is 0 Å². The summed E-state index contributed by atoms with van der Waals surface area (Å²) in [6, 6.07) is 24.3. The predicted molar refractivity (Wildman–Crippen MR) is 178 cm³/mol. The van der Waals surface area contributed by atoms with E-state index in [1.807, 2.05) is 24.3 Å². The van der Waals surface area contributed by atoms with Crippen molar-refractivity contribution in [2.75, 3.05) is 0 Å². The van der Waals surface area contributed by atoms with Crippen molar-refractivity contribution in [1.29, 1.82) is 0 Å². The Morgan fingerprint density at radius 3 is 0.593 bits per heavy atom. The van der Waals surface area contributed by atoms with Crippen molar-refractivity contribution in [3.8, 4) is 0 Å². The summed E-state index contributed by atoms with van der Waals surface area (Å²) in [6.45, 7) is 5.83. The summed E-state index contributed by atoms with van der Waals surface area (Å²) in [7, 11) is 0. The molecule has 2 aromatic carbocycles. The summed E-state index contributed by atoms with van der Waals surface area (Å²) in [5, 5.41) is 57.9. The number of carbonyl (C=O) groups is 6. The van der Waals surface area contributed by atoms with E-state index in [4.69, 9.17) is 59.4 Å². The molecule has 4 heterocycles. The fraction of sp³-hybridized carbons (Fsp3) is 0.167. The summed E-state index contributed by atoms with van der Waals surface area (Å²) in [5.41, 5.74) is 3.91. The maximum absolute atomic E-state index is 8.89. The zero-order valence-electron chi connectivity index (χ0n) is 29.5. The van der Waals surface area contributed by atoms with Crippen molar-refractivity contribution >= 4 is 79.4 Å². The molecular formula is C36H34Ho2N4O12. The van der Waals surface area contributed by atoms with Crippen molar-refractivity contribution in [2.45, 2.75) is 41.5 Å². The first kappa shape index (κ1) is 56.2. The van der Waals surface area contributed by atoms with E-state index in [1.54, 1.807) is 24.8 Å². The number of hydrogen-bond acceptors (Lipinski definition) is 16. The van der Waals surface area contributed by atoms with Crippen LogP contribution in [0.2, 0.25) is 0 Å². The van der Waals surface area contributed by atoms with Gasteiger partial charge in [0.15, 0.2) is 0 Å². The second-order valence-corrected chi connectivity index (χ2v) is 9.38. The minimum atomic E-state index is -1.08. The largest absolute Gasteiger partial charge is 3.00 e. The van der Waals surface area contributed by atoms with Crippen LogP contribution in [0.4, 0.5) is 0 Å². The van der Waals surface area contributed by atoms with Crippen LogP contribution >= 0.6 is 0 Å². The van der Waals surface area contributed by atoms with Crippen LogP contribution in [0.5, 0.6) is 0 Å². The molecular weight excluding hydrogens is 1010 g/mol. The smallest absolute Gasteiger partial charge is 0.550 e. The number of rotatable bonds is 0. The van der Waals surface area contributed by atoms with Gasteiger partial charge < -0.3 is 59.4 Å². The number of carboxylic acids is 6. The molecule has 6 rings (SSSR count). The van der Waals surface area contributed by atoms with Gasteiger partial charge in [0, 0.05) is 82.1 Å². The maximum atomic E-state index is 8.89. The molecule has 0 saturated heterocycles. The van der Waals surface area contributed by atoms with E-state index in [1.165, 1.54) is 0 Å². The Kier molecular flexibility index (Phi) is 34.3. The molecule has 16 nitrogen and oxygen atoms in total. The van der Waals surface area contributed by atoms with Gasteiger partial charge in [-0.05, 0) is 65.8 Å². The van der Waals surface area contributed by atoms with E-state index in [9.17, 15) is 0 Å². The fourth-order valence-corrected chi connectivity index (χ4v) is 3.36. The molecule has 54 heavy (non-hydrogen) atoms. The van der Waals surface area contributed by atoms with Crippen molar-refractivity contribution in [3.63, 3.8) is 0 Å². The minimum Gasteiger partial charge on any atom is -0.550 e. The molecule has 4 aromatic heterocycles. The van der Waals surface area contributed by atoms with E-state index in [0.717, 1.165) is 85.2 Å². The van der Waals surface area contributed by atoms with Crippen LogP contribution in [0.1, 0.15) is 41.5 Å². The van der Waals surface area contributed by atoms with Gasteiger partial charge in [0.05, 0.1) is 22.1 Å². The Balaban J connectivity index is -0.000000290. The zero-order chi connectivity index (χ0) is 40.2. The SMILES string of the molecule is CC(=O)[O-].CC(=O)[O-].CC(=O)[O-].CC(=O)[O-].CC(=O)[O-].CC(=O)[O-].[Ho+3].[Ho+3].c1cnc2c(c1)ccc1cccnc12.c1cnc2c(c1)ccc1cccnc12. The first-order valence-electron chi connectivity index (χ1n) is 14.5. The quantitative estimate of drug-likeness (QED) is 0.119. The maximum Gasteiger partial charge on any atom is 3.00 e. The number of carboxylic acid groups (broad SMARTS) is 6. The number of nitrogens with zero attached hydrogens (tertiary/aromatic N) is 4. The van der Waals surface area contributed by atoms with E-state index < -0.39 is 35.8 Å². The van der Waals surface area contributed by atoms with Crippen LogP contribution in [-0.2, 0) is 28.8 Å². The first-order valence-corrected chi connectivity index (χ1v) is 14.5. The number of carbonyl (C=O) groups excluding carboxylic acids is 6. The minimum absolute atomic E-state index is 0. The Bertz CT molecular complexity index is 1730. The summed E-state index contributed by atoms with van der Waals surface area (Å²) in [4.78, 5) is 70.7. The van der Waals surface area contributed by atoms with Gasteiger partial charge in [0.1, 0.15) is 0 Å². The third-order valence-corrected chi connectivity index (χ3v) is 4.69. The van der Waals surface area contributed by atoms with Crippen molar-refractivity contribution in [2.24, 2.45) is 0 Å². The molecule has 0 radical (unpaired) electrons. The number of pyridine rings is 4. The average molecular weight is 1040 g/mol. The average Bonchev–Trinajstić information content (AvgIpc) is 3.03. The Morgan fingerprint density at radius 1 is 0.333 bits per heavy atom. The summed E-state index contributed by atoms with van der Waals surface area (Å²) in [5.74, 6) is -6.50. The number of aromatic nitrogens is 4. The van der Waals surface area contributed by atoms with E-state index in [2.05, 4.69) is 68.5 Å². The third kappa shape index (κ3) is 31.0. The topological polar surface area (TPSA) is 292 Å². The second kappa shape index (κ2) is 33.0. The van der Waals surface area contributed by atoms with Gasteiger partial charge in [-0.15, -0.1) is 0 Å². The summed E-state index contributed by atoms with van der Waals surface area (Å²) < 4.78 is 0. The molecule has 0 aliphatic rings. The zero-order valence-corrected chi connectivity index (χ0v) is 33.4. The van der Waals surface area contributed by atoms with E-state index >= 15 is 0 Å². The molecule has 6 aromatic rings. The molecule has 0 aliphatic heterocycles. The van der Waals surface area contributed by atoms with Gasteiger partial charge in [0.2, 0.25) is 0 Å². The molecule has 0 amide bonds. The molecule has 18 heteroatoms. The predicted octanol–water partition coefficient (Wildman–Crippen LogP) is -1.90. The van der Waals surface area contributed by atoms with E-state index in [0.29, 0.717) is 0 Å². The first-order chi connectivity index (χ1) is 24.3. The van der Waals surface area contributed by atoms with Crippen molar-refractivity contribution in [1.82, 2.24) is 19.9 Å². The van der Waals surface area contributed by atoms with Crippen LogP contribution in [0.15, 0.2) is 97.6 Å². The van der Waals surface area contributed by atoms with Crippen LogP contribution in [0.3, 0.4) is 0 Å². The molecule has 0 atom stereocenters. The van der Waals surface area contributed by atoms with Crippen molar-refractivity contribution < 1.29 is 135 Å².